The topological polar surface area (TPSA) is 231 Å². The molecule has 2 fully saturated rings. The summed E-state index contributed by atoms with van der Waals surface area (Å²) in [6, 6.07) is 0. The maximum atomic E-state index is 12.9. The van der Waals surface area contributed by atoms with Crippen molar-refractivity contribution in [3.8, 4) is 0 Å². The number of allylic oxidation sites excluding steroid dienone is 1. The van der Waals surface area contributed by atoms with Crippen molar-refractivity contribution >= 4 is 11.9 Å². The van der Waals surface area contributed by atoms with Crippen LogP contribution >= 0.6 is 0 Å². The number of ether oxygens (including phenoxy) is 6. The Bertz CT molecular complexity index is 1110. The molecule has 2 aliphatic heterocycles. The number of hydrogen-bond donors (Lipinski definition) is 7. The molecule has 15 heteroatoms. The van der Waals surface area contributed by atoms with Gasteiger partial charge in [0.2, 0.25) is 0 Å². The molecule has 0 aliphatic carbocycles. The van der Waals surface area contributed by atoms with Crippen LogP contribution in [0.3, 0.4) is 0 Å². The Balaban J connectivity index is 1.82. The predicted octanol–water partition coefficient (Wildman–Crippen LogP) is 5.43. The Morgan fingerprint density at radius 1 is 0.541 bits per heavy atom. The Kier molecular flexibility index (Phi) is 31.4. The highest BCUT2D eigenvalue weighted by Gasteiger charge is 2.47. The van der Waals surface area contributed by atoms with Crippen molar-refractivity contribution in [1.29, 1.82) is 0 Å². The second-order valence-electron chi connectivity index (χ2n) is 17.0. The van der Waals surface area contributed by atoms with Crippen LogP contribution < -0.4 is 0 Å². The molecular weight excluding hydrogens is 792 g/mol. The zero-order chi connectivity index (χ0) is 44.7. The first kappa shape index (κ1) is 55.4. The van der Waals surface area contributed by atoms with Crippen molar-refractivity contribution in [1.82, 2.24) is 0 Å². The zero-order valence-electron chi connectivity index (χ0n) is 37.2. The van der Waals surface area contributed by atoms with Gasteiger partial charge in [0, 0.05) is 12.8 Å². The summed E-state index contributed by atoms with van der Waals surface area (Å²) in [5.41, 5.74) is 0. The molecule has 0 aromatic carbocycles. The molecule has 0 radical (unpaired) electrons. The lowest BCUT2D eigenvalue weighted by molar-refractivity contribution is -0.332. The van der Waals surface area contributed by atoms with Crippen molar-refractivity contribution in [3.05, 3.63) is 12.7 Å². The number of rotatable bonds is 37. The molecule has 0 amide bonds. The second-order valence-corrected chi connectivity index (χ2v) is 17.0. The quantitative estimate of drug-likeness (QED) is 0.0234. The van der Waals surface area contributed by atoms with Crippen LogP contribution in [0.2, 0.25) is 0 Å². The normalized spacial score (nSPS) is 27.1. The fourth-order valence-electron chi connectivity index (χ4n) is 7.67. The van der Waals surface area contributed by atoms with Crippen LogP contribution in [0.4, 0.5) is 0 Å². The van der Waals surface area contributed by atoms with Crippen LogP contribution in [0.25, 0.3) is 0 Å². The van der Waals surface area contributed by atoms with E-state index in [0.717, 1.165) is 44.9 Å². The molecule has 0 aromatic rings. The molecule has 358 valence electrons. The van der Waals surface area contributed by atoms with Gasteiger partial charge in [-0.3, -0.25) is 9.59 Å². The summed E-state index contributed by atoms with van der Waals surface area (Å²) in [5, 5.41) is 71.8. The van der Waals surface area contributed by atoms with Gasteiger partial charge in [-0.05, 0) is 25.7 Å². The standard InChI is InChI=1S/C46H84O15/c1-3-5-7-9-11-13-15-16-17-18-19-21-22-24-26-28-37(48)56-31-34(59-38(49)29-27-25-23-20-14-12-10-8-6-4-2)32-57-45-44(55)42(53)40(51)36(61-45)33-58-46-43(54)41(52)39(50)35(30-47)60-46/h3,34-36,39-47,50-55H,1,4-33H2,2H3/t34-,35-,36-,39+,40+,41?,42?,43?,44?,45-,46-/m1/s1. The van der Waals surface area contributed by atoms with E-state index in [-0.39, 0.29) is 26.1 Å². The summed E-state index contributed by atoms with van der Waals surface area (Å²) in [6.07, 6.45) is 12.9. The van der Waals surface area contributed by atoms with E-state index in [1.165, 1.54) is 96.3 Å². The number of carbonyl (C=O) groups excluding carboxylic acids is 2. The molecular formula is C46H84O15. The molecule has 0 bridgehead atoms. The molecule has 15 nitrogen and oxygen atoms in total. The third kappa shape index (κ3) is 23.7. The van der Waals surface area contributed by atoms with E-state index >= 15 is 0 Å². The lowest BCUT2D eigenvalue weighted by Gasteiger charge is -2.42. The molecule has 4 unspecified atom stereocenters. The highest BCUT2D eigenvalue weighted by molar-refractivity contribution is 5.70. The Morgan fingerprint density at radius 2 is 0.967 bits per heavy atom. The highest BCUT2D eigenvalue weighted by atomic mass is 16.7. The van der Waals surface area contributed by atoms with Crippen molar-refractivity contribution in [3.63, 3.8) is 0 Å². The molecule has 0 saturated carbocycles. The lowest BCUT2D eigenvalue weighted by atomic mass is 9.98. The third-order valence-electron chi connectivity index (χ3n) is 11.6. The number of hydrogen-bond acceptors (Lipinski definition) is 15. The molecule has 2 aliphatic rings. The summed E-state index contributed by atoms with van der Waals surface area (Å²) < 4.78 is 33.5. The molecule has 0 spiro atoms. The Morgan fingerprint density at radius 3 is 1.46 bits per heavy atom. The van der Waals surface area contributed by atoms with E-state index in [2.05, 4.69) is 13.5 Å². The fraction of sp³-hybridized carbons (Fsp3) is 0.913. The summed E-state index contributed by atoms with van der Waals surface area (Å²) in [4.78, 5) is 25.6. The van der Waals surface area contributed by atoms with Gasteiger partial charge in [0.25, 0.3) is 0 Å². The molecule has 61 heavy (non-hydrogen) atoms. The minimum absolute atomic E-state index is 0.169. The minimum atomic E-state index is -1.76. The molecule has 2 heterocycles. The zero-order valence-corrected chi connectivity index (χ0v) is 37.2. The van der Waals surface area contributed by atoms with Gasteiger partial charge in [-0.2, -0.15) is 0 Å². The maximum Gasteiger partial charge on any atom is 0.306 e. The first-order chi connectivity index (χ1) is 29.5. The summed E-state index contributed by atoms with van der Waals surface area (Å²) in [6.45, 7) is 4.10. The highest BCUT2D eigenvalue weighted by Crippen LogP contribution is 2.26. The number of aliphatic hydroxyl groups is 7. The van der Waals surface area contributed by atoms with Gasteiger partial charge in [-0.15, -0.1) is 6.58 Å². The van der Waals surface area contributed by atoms with Gasteiger partial charge in [-0.1, -0.05) is 141 Å². The van der Waals surface area contributed by atoms with Crippen molar-refractivity contribution < 1.29 is 73.8 Å². The molecule has 0 aromatic heterocycles. The van der Waals surface area contributed by atoms with Crippen LogP contribution in [0.5, 0.6) is 0 Å². The van der Waals surface area contributed by atoms with Crippen LogP contribution in [-0.4, -0.2) is 142 Å². The Labute approximate surface area is 365 Å². The van der Waals surface area contributed by atoms with Crippen molar-refractivity contribution in [2.45, 2.75) is 241 Å². The Hall–Kier alpha value is -1.76. The minimum Gasteiger partial charge on any atom is -0.462 e. The van der Waals surface area contributed by atoms with Crippen molar-refractivity contribution in [2.75, 3.05) is 26.4 Å². The lowest BCUT2D eigenvalue weighted by Crippen LogP contribution is -2.61. The van der Waals surface area contributed by atoms with Crippen LogP contribution in [0.1, 0.15) is 174 Å². The van der Waals surface area contributed by atoms with E-state index in [9.17, 15) is 45.3 Å². The largest absolute Gasteiger partial charge is 0.462 e. The average Bonchev–Trinajstić information content (AvgIpc) is 3.25. The molecule has 2 rings (SSSR count). The van der Waals surface area contributed by atoms with Crippen LogP contribution in [0, 0.1) is 0 Å². The SMILES string of the molecule is C=CCCCCCCCCCCCCCCCC(=O)OC[C@H](CO[C@@H]1O[C@H](CO[C@@H]2O[C@H](CO)[C@H](O)C(O)C2O)[C@H](O)C(O)C1O)OC(=O)CCCCCCCCCCCC. The van der Waals surface area contributed by atoms with E-state index in [0.29, 0.717) is 12.8 Å². The number of carbonyl (C=O) groups is 2. The van der Waals surface area contributed by atoms with Gasteiger partial charge >= 0.3 is 11.9 Å². The smallest absolute Gasteiger partial charge is 0.306 e. The van der Waals surface area contributed by atoms with Gasteiger partial charge < -0.3 is 64.2 Å². The van der Waals surface area contributed by atoms with E-state index in [4.69, 9.17) is 28.4 Å². The van der Waals surface area contributed by atoms with Gasteiger partial charge in [-0.25, -0.2) is 0 Å². The maximum absolute atomic E-state index is 12.9. The first-order valence-electron chi connectivity index (χ1n) is 23.7. The summed E-state index contributed by atoms with van der Waals surface area (Å²) in [5.74, 6) is -0.923. The third-order valence-corrected chi connectivity index (χ3v) is 11.6. The molecule has 11 atom stereocenters. The molecule has 7 N–H and O–H groups in total. The van der Waals surface area contributed by atoms with Crippen LogP contribution in [-0.2, 0) is 38.0 Å². The van der Waals surface area contributed by atoms with Gasteiger partial charge in [0.05, 0.1) is 19.8 Å². The van der Waals surface area contributed by atoms with Gasteiger partial charge in [0.15, 0.2) is 18.7 Å². The summed E-state index contributed by atoms with van der Waals surface area (Å²) in [7, 11) is 0. The monoisotopic (exact) mass is 877 g/mol. The average molecular weight is 877 g/mol. The fourth-order valence-corrected chi connectivity index (χ4v) is 7.67. The van der Waals surface area contributed by atoms with Gasteiger partial charge in [0.1, 0.15) is 55.4 Å². The second kappa shape index (κ2) is 34.6. The summed E-state index contributed by atoms with van der Waals surface area (Å²) >= 11 is 0. The number of esters is 2. The van der Waals surface area contributed by atoms with Crippen molar-refractivity contribution in [2.24, 2.45) is 0 Å². The number of aliphatic hydroxyl groups excluding tert-OH is 7. The van der Waals surface area contributed by atoms with Crippen LogP contribution in [0.15, 0.2) is 12.7 Å². The predicted molar refractivity (Wildman–Crippen MR) is 229 cm³/mol. The number of unbranched alkanes of at least 4 members (excludes halogenated alkanes) is 22. The molecule has 2 saturated heterocycles. The van der Waals surface area contributed by atoms with E-state index < -0.39 is 92.7 Å². The first-order valence-corrected chi connectivity index (χ1v) is 23.7. The van der Waals surface area contributed by atoms with E-state index in [1.54, 1.807) is 0 Å². The van der Waals surface area contributed by atoms with E-state index in [1.807, 2.05) is 6.08 Å².